The van der Waals surface area contributed by atoms with E-state index in [9.17, 15) is 12.8 Å². The van der Waals surface area contributed by atoms with E-state index < -0.39 is 15.8 Å². The van der Waals surface area contributed by atoms with Gasteiger partial charge in [-0.15, -0.1) is 11.6 Å². The van der Waals surface area contributed by atoms with Crippen LogP contribution < -0.4 is 4.72 Å². The van der Waals surface area contributed by atoms with E-state index in [0.29, 0.717) is 18.7 Å². The first kappa shape index (κ1) is 14.5. The lowest BCUT2D eigenvalue weighted by Crippen LogP contribution is -2.16. The van der Waals surface area contributed by atoms with Gasteiger partial charge in [0.2, 0.25) is 10.0 Å². The maximum Gasteiger partial charge on any atom is 0.232 e. The number of halogens is 3. The van der Waals surface area contributed by atoms with Crippen LogP contribution >= 0.6 is 23.2 Å². The van der Waals surface area contributed by atoms with Crippen molar-refractivity contribution in [3.8, 4) is 0 Å². The van der Waals surface area contributed by atoms with Crippen LogP contribution in [0.3, 0.4) is 0 Å². The molecule has 0 spiro atoms. The Kier molecular flexibility index (Phi) is 5.49. The third kappa shape index (κ3) is 5.10. The Labute approximate surface area is 110 Å². The van der Waals surface area contributed by atoms with Crippen molar-refractivity contribution in [1.82, 2.24) is 0 Å². The number of rotatable bonds is 6. The molecule has 0 saturated heterocycles. The fraction of sp³-hybridized carbons (Fsp3) is 0.400. The van der Waals surface area contributed by atoms with Crippen molar-refractivity contribution in [3.63, 3.8) is 0 Å². The van der Waals surface area contributed by atoms with Gasteiger partial charge in [0, 0.05) is 5.88 Å². The minimum absolute atomic E-state index is 0.0191. The van der Waals surface area contributed by atoms with Crippen LogP contribution in [0.15, 0.2) is 18.2 Å². The summed E-state index contributed by atoms with van der Waals surface area (Å²) >= 11 is 11.0. The van der Waals surface area contributed by atoms with Gasteiger partial charge in [0.25, 0.3) is 0 Å². The number of sulfonamides is 1. The molecule has 1 aromatic carbocycles. The van der Waals surface area contributed by atoms with Crippen molar-refractivity contribution in [1.29, 1.82) is 0 Å². The molecule has 0 aromatic heterocycles. The number of anilines is 1. The quantitative estimate of drug-likeness (QED) is 0.647. The van der Waals surface area contributed by atoms with Crippen molar-refractivity contribution in [2.75, 3.05) is 16.4 Å². The highest BCUT2D eigenvalue weighted by Crippen LogP contribution is 2.20. The van der Waals surface area contributed by atoms with Gasteiger partial charge in [0.05, 0.1) is 16.5 Å². The third-order valence-electron chi connectivity index (χ3n) is 1.99. The molecule has 0 heterocycles. The Balaban J connectivity index is 2.66. The van der Waals surface area contributed by atoms with Crippen LogP contribution in [0.2, 0.25) is 5.02 Å². The highest BCUT2D eigenvalue weighted by atomic mass is 35.5. The minimum Gasteiger partial charge on any atom is -0.284 e. The number of alkyl halides is 1. The molecule has 1 N–H and O–H groups in total. The number of hydrogen-bond donors (Lipinski definition) is 1. The number of benzene rings is 1. The highest BCUT2D eigenvalue weighted by Gasteiger charge is 2.11. The number of nitrogens with one attached hydrogen (secondary N) is 1. The van der Waals surface area contributed by atoms with Crippen LogP contribution in [-0.4, -0.2) is 20.1 Å². The fourth-order valence-electron chi connectivity index (χ4n) is 1.18. The van der Waals surface area contributed by atoms with E-state index in [1.54, 1.807) is 0 Å². The predicted molar refractivity (Wildman–Crippen MR) is 68.8 cm³/mol. The smallest absolute Gasteiger partial charge is 0.232 e. The van der Waals surface area contributed by atoms with E-state index in [1.165, 1.54) is 12.1 Å². The van der Waals surface area contributed by atoms with E-state index in [2.05, 4.69) is 4.72 Å². The Morgan fingerprint density at radius 1 is 1.29 bits per heavy atom. The summed E-state index contributed by atoms with van der Waals surface area (Å²) in [6.07, 6.45) is 1.11. The Bertz CT molecular complexity index is 479. The molecule has 0 saturated carbocycles. The van der Waals surface area contributed by atoms with Crippen molar-refractivity contribution < 1.29 is 12.8 Å². The van der Waals surface area contributed by atoms with E-state index in [4.69, 9.17) is 23.2 Å². The largest absolute Gasteiger partial charge is 0.284 e. The molecule has 0 amide bonds. The zero-order valence-electron chi connectivity index (χ0n) is 8.92. The number of hydrogen-bond acceptors (Lipinski definition) is 2. The van der Waals surface area contributed by atoms with Crippen molar-refractivity contribution in [2.45, 2.75) is 12.8 Å². The van der Waals surface area contributed by atoms with Gasteiger partial charge < -0.3 is 0 Å². The van der Waals surface area contributed by atoms with Gasteiger partial charge in [-0.2, -0.15) is 0 Å². The fourth-order valence-corrected chi connectivity index (χ4v) is 2.72. The molecular formula is C10H12Cl2FNO2S. The third-order valence-corrected chi connectivity index (χ3v) is 3.92. The molecule has 0 bridgehead atoms. The maximum atomic E-state index is 12.9. The van der Waals surface area contributed by atoms with Crippen LogP contribution in [0.5, 0.6) is 0 Å². The summed E-state index contributed by atoms with van der Waals surface area (Å²) in [6, 6.07) is 3.66. The van der Waals surface area contributed by atoms with Crippen LogP contribution in [0.4, 0.5) is 10.1 Å². The zero-order valence-corrected chi connectivity index (χ0v) is 11.2. The van der Waals surface area contributed by atoms with Crippen LogP contribution in [0.1, 0.15) is 12.8 Å². The molecule has 0 fully saturated rings. The van der Waals surface area contributed by atoms with E-state index in [0.717, 1.165) is 6.07 Å². The molecule has 0 radical (unpaired) electrons. The minimum atomic E-state index is -3.43. The molecule has 1 rings (SSSR count). The first-order chi connectivity index (χ1) is 7.94. The second kappa shape index (κ2) is 6.42. The number of unbranched alkanes of at least 4 members (excludes halogenated alkanes) is 1. The first-order valence-electron chi connectivity index (χ1n) is 4.96. The molecule has 0 aliphatic heterocycles. The van der Waals surface area contributed by atoms with Crippen LogP contribution in [-0.2, 0) is 10.0 Å². The molecule has 0 aliphatic carbocycles. The lowest BCUT2D eigenvalue weighted by Gasteiger charge is -2.08. The van der Waals surface area contributed by atoms with Gasteiger partial charge in [-0.1, -0.05) is 11.6 Å². The summed E-state index contributed by atoms with van der Waals surface area (Å²) in [5, 5.41) is -0.119. The average molecular weight is 300 g/mol. The van der Waals surface area contributed by atoms with Gasteiger partial charge in [0.15, 0.2) is 0 Å². The van der Waals surface area contributed by atoms with Crippen molar-refractivity contribution in [2.24, 2.45) is 0 Å². The molecule has 3 nitrogen and oxygen atoms in total. The molecule has 0 aliphatic rings. The SMILES string of the molecule is O=S(=O)(CCCCCl)Nc1ccc(F)c(Cl)c1. The lowest BCUT2D eigenvalue weighted by atomic mass is 10.3. The van der Waals surface area contributed by atoms with Crippen molar-refractivity contribution >= 4 is 38.9 Å². The molecule has 0 unspecified atom stereocenters. The summed E-state index contributed by atoms with van der Waals surface area (Å²) in [7, 11) is -3.43. The molecule has 17 heavy (non-hydrogen) atoms. The van der Waals surface area contributed by atoms with Crippen molar-refractivity contribution in [3.05, 3.63) is 29.0 Å². The Hall–Kier alpha value is -0.520. The zero-order chi connectivity index (χ0) is 12.9. The second-order valence-corrected chi connectivity index (χ2v) is 6.07. The predicted octanol–water partition coefficient (Wildman–Crippen LogP) is 3.24. The molecule has 0 atom stereocenters. The van der Waals surface area contributed by atoms with E-state index in [1.807, 2.05) is 0 Å². The summed E-state index contributed by atoms with van der Waals surface area (Å²) in [5.74, 6) is -0.177. The first-order valence-corrected chi connectivity index (χ1v) is 7.52. The average Bonchev–Trinajstić information content (AvgIpc) is 2.23. The van der Waals surface area contributed by atoms with E-state index >= 15 is 0 Å². The van der Waals surface area contributed by atoms with Gasteiger partial charge >= 0.3 is 0 Å². The highest BCUT2D eigenvalue weighted by molar-refractivity contribution is 7.92. The maximum absolute atomic E-state index is 12.9. The topological polar surface area (TPSA) is 46.2 Å². The van der Waals surface area contributed by atoms with Gasteiger partial charge in [-0.25, -0.2) is 12.8 Å². The molecular weight excluding hydrogens is 288 g/mol. The van der Waals surface area contributed by atoms with Gasteiger partial charge in [-0.05, 0) is 31.0 Å². The van der Waals surface area contributed by atoms with Gasteiger partial charge in [0.1, 0.15) is 5.82 Å². The summed E-state index contributed by atoms with van der Waals surface area (Å²) < 4.78 is 38.3. The van der Waals surface area contributed by atoms with Crippen LogP contribution in [0, 0.1) is 5.82 Å². The monoisotopic (exact) mass is 299 g/mol. The summed E-state index contributed by atoms with van der Waals surface area (Å²) in [6.45, 7) is 0. The second-order valence-electron chi connectivity index (χ2n) is 3.45. The standard InChI is InChI=1S/C10H12Cl2FNO2S/c11-5-1-2-6-17(15,16)14-8-3-4-10(13)9(12)7-8/h3-4,7,14H,1-2,5-6H2. The molecule has 1 aromatic rings. The summed E-state index contributed by atoms with van der Waals surface area (Å²) in [5.41, 5.74) is 0.252. The molecule has 7 heteroatoms. The lowest BCUT2D eigenvalue weighted by molar-refractivity contribution is 0.598. The molecule has 96 valence electrons. The Morgan fingerprint density at radius 2 is 2.00 bits per heavy atom. The van der Waals surface area contributed by atoms with Gasteiger partial charge in [-0.3, -0.25) is 4.72 Å². The summed E-state index contributed by atoms with van der Waals surface area (Å²) in [4.78, 5) is 0. The Morgan fingerprint density at radius 3 is 2.59 bits per heavy atom. The van der Waals surface area contributed by atoms with Crippen LogP contribution in [0.25, 0.3) is 0 Å². The van der Waals surface area contributed by atoms with E-state index in [-0.39, 0.29) is 16.5 Å². The normalized spacial score (nSPS) is 11.5.